The third-order valence-corrected chi connectivity index (χ3v) is 0.788. The van der Waals surface area contributed by atoms with Crippen LogP contribution in [0.15, 0.2) is 0 Å². The first-order valence-electron chi connectivity index (χ1n) is 1.79. The molecule has 0 fully saturated rings. The summed E-state index contributed by atoms with van der Waals surface area (Å²) in [6.45, 7) is -0.835. The first-order chi connectivity index (χ1) is 3.56. The summed E-state index contributed by atoms with van der Waals surface area (Å²) in [5.74, 6) is 0. The molecular weight excluding hydrogens is 175 g/mol. The second kappa shape index (κ2) is 7.89. The molecule has 60 valence electrons. The minimum atomic E-state index is -4.35. The van der Waals surface area contributed by atoms with E-state index in [1.165, 1.54) is 0 Å². The van der Waals surface area contributed by atoms with E-state index in [4.69, 9.17) is 9.66 Å². The summed E-state index contributed by atoms with van der Waals surface area (Å²) >= 11 is 0. The molecule has 0 aromatic carbocycles. The van der Waals surface area contributed by atoms with Crippen LogP contribution in [-0.4, -0.2) is 66.3 Å². The Kier molecular flexibility index (Phi) is 13.4. The van der Waals surface area contributed by atoms with Crippen molar-refractivity contribution in [2.45, 2.75) is 0 Å². The van der Waals surface area contributed by atoms with Crippen LogP contribution < -0.4 is 0 Å². The molecule has 0 aliphatic carbocycles. The van der Waals surface area contributed by atoms with Gasteiger partial charge in [-0.15, -0.1) is 0 Å². The summed E-state index contributed by atoms with van der Waals surface area (Å²) < 4.78 is 30.7. The van der Waals surface area contributed by atoms with Gasteiger partial charge in [0.1, 0.15) is 0 Å². The Bertz CT molecular complexity index is 140. The van der Waals surface area contributed by atoms with Crippen molar-refractivity contribution < 1.29 is 27.7 Å². The van der Waals surface area contributed by atoms with Crippen molar-refractivity contribution in [2.24, 2.45) is 0 Å². The molecule has 0 radical (unpaired) electrons. The minimum absolute atomic E-state index is 0. The molecule has 0 saturated carbocycles. The van der Waals surface area contributed by atoms with Gasteiger partial charge in [-0.05, 0) is 0 Å². The van der Waals surface area contributed by atoms with Crippen LogP contribution in [-0.2, 0) is 14.6 Å². The third kappa shape index (κ3) is 15.9. The van der Waals surface area contributed by atoms with Crippen molar-refractivity contribution >= 4 is 40.0 Å². The first kappa shape index (κ1) is 17.0. The van der Waals surface area contributed by atoms with Gasteiger partial charge in [-0.2, -0.15) is 8.42 Å². The van der Waals surface area contributed by atoms with Crippen molar-refractivity contribution in [1.29, 1.82) is 0 Å². The molecule has 0 aliphatic rings. The van der Waals surface area contributed by atoms with Gasteiger partial charge in [0.2, 0.25) is 0 Å². The molecule has 0 amide bonds. The summed E-state index contributed by atoms with van der Waals surface area (Å²) in [6.07, 6.45) is 0. The SMILES string of the molecule is O.O=S(=O)(O)OCCO.[NaH]. The van der Waals surface area contributed by atoms with Crippen LogP contribution in [0.5, 0.6) is 0 Å². The molecule has 0 saturated heterocycles. The summed E-state index contributed by atoms with van der Waals surface area (Å²) in [5, 5.41) is 7.93. The van der Waals surface area contributed by atoms with E-state index in [9.17, 15) is 8.42 Å². The molecule has 0 aromatic rings. The predicted molar refractivity (Wildman–Crippen MR) is 35.3 cm³/mol. The van der Waals surface area contributed by atoms with Crippen LogP contribution in [0, 0.1) is 0 Å². The molecule has 0 atom stereocenters. The van der Waals surface area contributed by atoms with Gasteiger partial charge in [-0.25, -0.2) is 4.18 Å². The molecule has 6 nitrogen and oxygen atoms in total. The zero-order valence-corrected chi connectivity index (χ0v) is 5.26. The number of aliphatic hydroxyl groups is 1. The number of hydrogen-bond acceptors (Lipinski definition) is 4. The Labute approximate surface area is 80.7 Å². The second-order valence-corrected chi connectivity index (χ2v) is 2.06. The first-order valence-corrected chi connectivity index (χ1v) is 3.15. The fourth-order valence-corrected chi connectivity index (χ4v) is 0.428. The number of rotatable bonds is 3. The second-order valence-electron chi connectivity index (χ2n) is 0.973. The van der Waals surface area contributed by atoms with E-state index in [1.54, 1.807) is 0 Å². The van der Waals surface area contributed by atoms with Crippen LogP contribution in [0.4, 0.5) is 0 Å². The summed E-state index contributed by atoms with van der Waals surface area (Å²) in [6, 6.07) is 0. The summed E-state index contributed by atoms with van der Waals surface area (Å²) in [5.41, 5.74) is 0. The molecule has 0 bridgehead atoms. The zero-order chi connectivity index (χ0) is 6.62. The van der Waals surface area contributed by atoms with Crippen molar-refractivity contribution in [3.8, 4) is 0 Å². The average Bonchev–Trinajstić information content (AvgIpc) is 1.59. The van der Waals surface area contributed by atoms with E-state index in [1.807, 2.05) is 0 Å². The van der Waals surface area contributed by atoms with Crippen LogP contribution >= 0.6 is 0 Å². The van der Waals surface area contributed by atoms with Crippen LogP contribution in [0.25, 0.3) is 0 Å². The van der Waals surface area contributed by atoms with Gasteiger partial charge in [0.05, 0.1) is 13.2 Å². The van der Waals surface area contributed by atoms with E-state index in [2.05, 4.69) is 4.18 Å². The van der Waals surface area contributed by atoms with E-state index >= 15 is 0 Å². The van der Waals surface area contributed by atoms with E-state index in [0.29, 0.717) is 0 Å². The maximum atomic E-state index is 9.61. The standard InChI is InChI=1S/C2H6O5S.Na.H2O.H/c3-1-2-7-8(4,5)6;;;/h3H,1-2H2,(H,4,5,6);;1H2;. The van der Waals surface area contributed by atoms with Gasteiger partial charge in [-0.3, -0.25) is 4.55 Å². The van der Waals surface area contributed by atoms with Gasteiger partial charge >= 0.3 is 40.0 Å². The normalized spacial score (nSPS) is 9.40. The molecule has 10 heavy (non-hydrogen) atoms. The zero-order valence-electron chi connectivity index (χ0n) is 4.44. The topological polar surface area (TPSA) is 115 Å². The Morgan fingerprint density at radius 1 is 1.40 bits per heavy atom. The van der Waals surface area contributed by atoms with Crippen molar-refractivity contribution in [1.82, 2.24) is 0 Å². The summed E-state index contributed by atoms with van der Waals surface area (Å²) in [7, 11) is -4.35. The van der Waals surface area contributed by atoms with Crippen LogP contribution in [0.3, 0.4) is 0 Å². The van der Waals surface area contributed by atoms with E-state index < -0.39 is 23.6 Å². The van der Waals surface area contributed by atoms with Gasteiger partial charge < -0.3 is 10.6 Å². The van der Waals surface area contributed by atoms with Gasteiger partial charge in [0.15, 0.2) is 0 Å². The van der Waals surface area contributed by atoms with E-state index in [0.717, 1.165) is 0 Å². The van der Waals surface area contributed by atoms with Crippen LogP contribution in [0.1, 0.15) is 0 Å². The monoisotopic (exact) mass is 184 g/mol. The molecule has 0 rings (SSSR count). The Hall–Kier alpha value is 0.790. The molecule has 0 heterocycles. The molecule has 0 spiro atoms. The quantitative estimate of drug-likeness (QED) is 0.366. The Morgan fingerprint density at radius 2 is 1.80 bits per heavy atom. The van der Waals surface area contributed by atoms with Crippen molar-refractivity contribution in [3.63, 3.8) is 0 Å². The Balaban J connectivity index is -0.000000245. The van der Waals surface area contributed by atoms with Gasteiger partial charge in [-0.1, -0.05) is 0 Å². The molecule has 0 aliphatic heterocycles. The van der Waals surface area contributed by atoms with Crippen molar-refractivity contribution in [3.05, 3.63) is 0 Å². The third-order valence-electron chi connectivity index (χ3n) is 0.324. The predicted octanol–water partition coefficient (Wildman–Crippen LogP) is -2.68. The molecular formula is C2H9NaO6S. The van der Waals surface area contributed by atoms with Gasteiger partial charge in [0.25, 0.3) is 0 Å². The van der Waals surface area contributed by atoms with Crippen molar-refractivity contribution in [2.75, 3.05) is 13.2 Å². The Morgan fingerprint density at radius 3 is 1.90 bits per heavy atom. The number of hydrogen-bond donors (Lipinski definition) is 2. The number of aliphatic hydroxyl groups excluding tert-OH is 1. The average molecular weight is 184 g/mol. The summed E-state index contributed by atoms with van der Waals surface area (Å²) in [4.78, 5) is 0. The van der Waals surface area contributed by atoms with Gasteiger partial charge in [0, 0.05) is 0 Å². The molecule has 8 heteroatoms. The van der Waals surface area contributed by atoms with E-state index in [-0.39, 0.29) is 35.0 Å². The fraction of sp³-hybridized carbons (Fsp3) is 1.00. The maximum absolute atomic E-state index is 9.61. The fourth-order valence-electron chi connectivity index (χ4n) is 0.143. The molecule has 4 N–H and O–H groups in total. The van der Waals surface area contributed by atoms with Crippen LogP contribution in [0.2, 0.25) is 0 Å². The molecule has 0 unspecified atom stereocenters. The molecule has 0 aromatic heterocycles.